The Morgan fingerprint density at radius 3 is 2.24 bits per heavy atom. The van der Waals surface area contributed by atoms with E-state index < -0.39 is 0 Å². The van der Waals surface area contributed by atoms with Crippen LogP contribution in [0.5, 0.6) is 0 Å². The fraction of sp³-hybridized carbons (Fsp3) is 0.0811. The first-order valence-corrected chi connectivity index (χ1v) is 14.0. The molecule has 3 heterocycles. The van der Waals surface area contributed by atoms with Crippen molar-refractivity contribution in [3.8, 4) is 28.5 Å². The molecule has 0 amide bonds. The number of aromatic nitrogens is 3. The van der Waals surface area contributed by atoms with Gasteiger partial charge in [0.15, 0.2) is 0 Å². The topological polar surface area (TPSA) is 43.9 Å². The third-order valence-corrected chi connectivity index (χ3v) is 8.79. The molecule has 0 aliphatic heterocycles. The van der Waals surface area contributed by atoms with Gasteiger partial charge in [-0.15, -0.1) is 0 Å². The summed E-state index contributed by atoms with van der Waals surface area (Å²) in [7, 11) is 0. The maximum Gasteiger partial charge on any atom is 0.235 e. The van der Waals surface area contributed by atoms with Crippen LogP contribution >= 0.6 is 0 Å². The molecule has 0 saturated carbocycles. The third kappa shape index (κ3) is 2.99. The lowest BCUT2D eigenvalue weighted by atomic mass is 9.81. The largest absolute Gasteiger partial charge is 0.456 e. The highest BCUT2D eigenvalue weighted by Crippen LogP contribution is 2.53. The van der Waals surface area contributed by atoms with E-state index in [1.165, 1.54) is 16.7 Å². The van der Waals surface area contributed by atoms with Crippen molar-refractivity contribution in [3.05, 3.63) is 126 Å². The molecular formula is C37H25N3O. The van der Waals surface area contributed by atoms with Gasteiger partial charge < -0.3 is 4.42 Å². The number of nitrogens with zero attached hydrogens (tertiary/aromatic N) is 3. The van der Waals surface area contributed by atoms with Gasteiger partial charge in [-0.25, -0.2) is 9.97 Å². The maximum absolute atomic E-state index is 6.64. The second-order valence-electron chi connectivity index (χ2n) is 11.5. The van der Waals surface area contributed by atoms with Crippen molar-refractivity contribution in [3.63, 3.8) is 0 Å². The molecule has 41 heavy (non-hydrogen) atoms. The zero-order valence-corrected chi connectivity index (χ0v) is 22.7. The van der Waals surface area contributed by atoms with Crippen LogP contribution in [0.3, 0.4) is 0 Å². The van der Waals surface area contributed by atoms with Gasteiger partial charge in [0.25, 0.3) is 0 Å². The number of benzene rings is 5. The maximum atomic E-state index is 6.64. The second-order valence-corrected chi connectivity index (χ2v) is 11.5. The van der Waals surface area contributed by atoms with E-state index in [-0.39, 0.29) is 5.41 Å². The molecule has 0 N–H and O–H groups in total. The van der Waals surface area contributed by atoms with Crippen molar-refractivity contribution in [2.24, 2.45) is 0 Å². The normalized spacial score (nSPS) is 13.8. The molecule has 8 aromatic rings. The van der Waals surface area contributed by atoms with E-state index in [9.17, 15) is 0 Å². The summed E-state index contributed by atoms with van der Waals surface area (Å²) in [5.74, 6) is 1.65. The minimum Gasteiger partial charge on any atom is -0.456 e. The zero-order chi connectivity index (χ0) is 27.3. The summed E-state index contributed by atoms with van der Waals surface area (Å²) < 4.78 is 8.86. The van der Waals surface area contributed by atoms with Crippen molar-refractivity contribution in [1.29, 1.82) is 0 Å². The zero-order valence-electron chi connectivity index (χ0n) is 22.7. The van der Waals surface area contributed by atoms with Crippen LogP contribution in [0.2, 0.25) is 0 Å². The van der Waals surface area contributed by atoms with Crippen LogP contribution in [0.15, 0.2) is 120 Å². The quantitative estimate of drug-likeness (QED) is 0.225. The van der Waals surface area contributed by atoms with E-state index in [1.807, 2.05) is 18.2 Å². The van der Waals surface area contributed by atoms with Gasteiger partial charge in [0.2, 0.25) is 5.95 Å². The van der Waals surface area contributed by atoms with Crippen LogP contribution in [0, 0.1) is 0 Å². The van der Waals surface area contributed by atoms with Crippen molar-refractivity contribution >= 4 is 43.7 Å². The van der Waals surface area contributed by atoms with E-state index in [0.29, 0.717) is 5.95 Å². The minimum atomic E-state index is -0.165. The summed E-state index contributed by atoms with van der Waals surface area (Å²) in [4.78, 5) is 10.4. The Balaban J connectivity index is 1.40. The average Bonchev–Trinajstić information content (AvgIpc) is 3.62. The lowest BCUT2D eigenvalue weighted by molar-refractivity contribution is 0.619. The molecule has 0 atom stereocenters. The van der Waals surface area contributed by atoms with Gasteiger partial charge in [-0.1, -0.05) is 105 Å². The molecule has 1 aliphatic rings. The van der Waals surface area contributed by atoms with Gasteiger partial charge in [0.05, 0.1) is 22.2 Å². The monoisotopic (exact) mass is 527 g/mol. The molecule has 0 spiro atoms. The van der Waals surface area contributed by atoms with Crippen molar-refractivity contribution < 1.29 is 4.42 Å². The smallest absolute Gasteiger partial charge is 0.235 e. The van der Waals surface area contributed by atoms with E-state index in [4.69, 9.17) is 14.4 Å². The molecule has 5 aromatic carbocycles. The van der Waals surface area contributed by atoms with Gasteiger partial charge in [-0.2, -0.15) is 0 Å². The number of fused-ring (bicyclic) bond motifs is 9. The number of furan rings is 1. The molecule has 0 saturated heterocycles. The molecule has 0 bridgehead atoms. The number of hydrogen-bond donors (Lipinski definition) is 0. The van der Waals surface area contributed by atoms with E-state index in [0.717, 1.165) is 60.7 Å². The number of rotatable bonds is 2. The molecule has 0 fully saturated rings. The SMILES string of the molecule is CC1(C)c2ccccc2-c2oc3cc4c5ccccc5n(-c5nc(-c6ccccc6)c6ccccc6n5)c4cc3c21. The second kappa shape index (κ2) is 7.92. The summed E-state index contributed by atoms with van der Waals surface area (Å²) in [6, 6.07) is 40.3. The average molecular weight is 528 g/mol. The number of para-hydroxylation sites is 2. The summed E-state index contributed by atoms with van der Waals surface area (Å²) in [5.41, 5.74) is 9.56. The Bertz CT molecular complexity index is 2340. The van der Waals surface area contributed by atoms with Crippen LogP contribution in [-0.2, 0) is 5.41 Å². The van der Waals surface area contributed by atoms with Crippen LogP contribution in [0.1, 0.15) is 25.0 Å². The fourth-order valence-electron chi connectivity index (χ4n) is 6.93. The Hall–Kier alpha value is -5.22. The summed E-state index contributed by atoms with van der Waals surface area (Å²) in [6.45, 7) is 4.59. The molecule has 1 aliphatic carbocycles. The van der Waals surface area contributed by atoms with Gasteiger partial charge in [-0.3, -0.25) is 4.57 Å². The highest BCUT2D eigenvalue weighted by Gasteiger charge is 2.40. The molecule has 4 heteroatoms. The molecular weight excluding hydrogens is 502 g/mol. The Morgan fingerprint density at radius 2 is 1.37 bits per heavy atom. The lowest BCUT2D eigenvalue weighted by Crippen LogP contribution is -2.14. The van der Waals surface area contributed by atoms with Crippen LogP contribution in [0.25, 0.3) is 72.2 Å². The molecule has 0 unspecified atom stereocenters. The Morgan fingerprint density at radius 1 is 0.634 bits per heavy atom. The summed E-state index contributed by atoms with van der Waals surface area (Å²) in [5, 5.41) is 4.46. The third-order valence-electron chi connectivity index (χ3n) is 8.79. The van der Waals surface area contributed by atoms with Gasteiger partial charge in [-0.05, 0) is 29.8 Å². The van der Waals surface area contributed by atoms with Crippen molar-refractivity contribution in [2.45, 2.75) is 19.3 Å². The van der Waals surface area contributed by atoms with Gasteiger partial charge >= 0.3 is 0 Å². The Labute approximate surface area is 236 Å². The first-order valence-electron chi connectivity index (χ1n) is 14.0. The molecule has 9 rings (SSSR count). The molecule has 4 nitrogen and oxygen atoms in total. The van der Waals surface area contributed by atoms with E-state index >= 15 is 0 Å². The highest BCUT2D eigenvalue weighted by atomic mass is 16.3. The first kappa shape index (κ1) is 22.6. The minimum absolute atomic E-state index is 0.165. The summed E-state index contributed by atoms with van der Waals surface area (Å²) >= 11 is 0. The predicted octanol–water partition coefficient (Wildman–Crippen LogP) is 9.45. The van der Waals surface area contributed by atoms with E-state index in [1.54, 1.807) is 0 Å². The van der Waals surface area contributed by atoms with Crippen LogP contribution in [0.4, 0.5) is 0 Å². The molecule has 3 aromatic heterocycles. The molecule has 194 valence electrons. The molecule has 0 radical (unpaired) electrons. The fourth-order valence-corrected chi connectivity index (χ4v) is 6.93. The van der Waals surface area contributed by atoms with Gasteiger partial charge in [0.1, 0.15) is 11.3 Å². The first-order chi connectivity index (χ1) is 20.1. The highest BCUT2D eigenvalue weighted by molar-refractivity contribution is 6.14. The number of hydrogen-bond acceptors (Lipinski definition) is 3. The van der Waals surface area contributed by atoms with Crippen molar-refractivity contribution in [1.82, 2.24) is 14.5 Å². The Kier molecular flexibility index (Phi) is 4.36. The van der Waals surface area contributed by atoms with Gasteiger partial charge in [0, 0.05) is 43.7 Å². The predicted molar refractivity (Wildman–Crippen MR) is 167 cm³/mol. The van der Waals surface area contributed by atoms with Crippen LogP contribution < -0.4 is 0 Å². The summed E-state index contributed by atoms with van der Waals surface area (Å²) in [6.07, 6.45) is 0. The van der Waals surface area contributed by atoms with Crippen LogP contribution in [-0.4, -0.2) is 14.5 Å². The standard InChI is InChI=1S/C37H25N3O/c1-37(2)28-17-9-6-15-24(28)35-33(37)27-20-31-26(21-32(27)41-35)23-14-8-11-19-30(23)40(31)36-38-29-18-10-7-16-25(29)34(39-36)22-12-4-3-5-13-22/h3-21H,1-2H3. The lowest BCUT2D eigenvalue weighted by Gasteiger charge is -2.20. The van der Waals surface area contributed by atoms with Crippen molar-refractivity contribution in [2.75, 3.05) is 0 Å². The van der Waals surface area contributed by atoms with E-state index in [2.05, 4.69) is 115 Å².